The minimum absolute atomic E-state index is 0.481. The number of hydrogen-bond donors (Lipinski definition) is 1. The molecular formula is C10H16N4S. The van der Waals surface area contributed by atoms with E-state index in [9.17, 15) is 0 Å². The summed E-state index contributed by atoms with van der Waals surface area (Å²) in [7, 11) is 1.97. The maximum atomic E-state index is 5.88. The van der Waals surface area contributed by atoms with Crippen LogP contribution in [0.2, 0.25) is 0 Å². The Balaban J connectivity index is 1.96. The van der Waals surface area contributed by atoms with Crippen LogP contribution in [0.15, 0.2) is 10.5 Å². The summed E-state index contributed by atoms with van der Waals surface area (Å²) in [4.78, 5) is 11.9. The van der Waals surface area contributed by atoms with E-state index in [1.165, 1.54) is 17.7 Å². The van der Waals surface area contributed by atoms with E-state index in [1.54, 1.807) is 11.3 Å². The Kier molecular flexibility index (Phi) is 2.90. The molecule has 2 rings (SSSR count). The Morgan fingerprint density at radius 1 is 1.73 bits per heavy atom. The average Bonchev–Trinajstić information content (AvgIpc) is 2.92. The summed E-state index contributed by atoms with van der Waals surface area (Å²) >= 11 is 1.67. The van der Waals surface area contributed by atoms with E-state index in [4.69, 9.17) is 5.73 Å². The maximum Gasteiger partial charge on any atom is 0.191 e. The molecular weight excluding hydrogens is 208 g/mol. The molecule has 0 amide bonds. The lowest BCUT2D eigenvalue weighted by Crippen LogP contribution is -2.33. The summed E-state index contributed by atoms with van der Waals surface area (Å²) in [6.07, 6.45) is 2.38. The molecule has 1 saturated carbocycles. The lowest BCUT2D eigenvalue weighted by molar-refractivity contribution is 0.495. The summed E-state index contributed by atoms with van der Waals surface area (Å²) < 4.78 is 0. The monoisotopic (exact) mass is 224 g/mol. The summed E-state index contributed by atoms with van der Waals surface area (Å²) in [6, 6.07) is 0.481. The average molecular weight is 224 g/mol. The smallest absolute Gasteiger partial charge is 0.191 e. The van der Waals surface area contributed by atoms with Crippen LogP contribution >= 0.6 is 11.3 Å². The van der Waals surface area contributed by atoms with Gasteiger partial charge in [-0.1, -0.05) is 0 Å². The van der Waals surface area contributed by atoms with E-state index >= 15 is 0 Å². The first-order valence-corrected chi connectivity index (χ1v) is 5.98. The molecule has 1 fully saturated rings. The zero-order valence-electron chi connectivity index (χ0n) is 9.10. The topological polar surface area (TPSA) is 54.5 Å². The summed E-state index contributed by atoms with van der Waals surface area (Å²) in [5.74, 6) is 0.644. The van der Waals surface area contributed by atoms with Crippen molar-refractivity contribution in [2.24, 2.45) is 10.7 Å². The minimum Gasteiger partial charge on any atom is -0.370 e. The molecule has 82 valence electrons. The van der Waals surface area contributed by atoms with Crippen molar-refractivity contribution in [3.05, 3.63) is 16.1 Å². The number of aryl methyl sites for hydroxylation is 1. The van der Waals surface area contributed by atoms with Gasteiger partial charge in [0.25, 0.3) is 0 Å². The Bertz CT molecular complexity index is 367. The molecule has 5 heteroatoms. The highest BCUT2D eigenvalue weighted by Gasteiger charge is 2.21. The van der Waals surface area contributed by atoms with Crippen LogP contribution in [0.4, 0.5) is 0 Å². The first-order valence-electron chi connectivity index (χ1n) is 5.10. The quantitative estimate of drug-likeness (QED) is 0.623. The van der Waals surface area contributed by atoms with Crippen molar-refractivity contribution in [2.75, 3.05) is 7.05 Å². The number of hydrogen-bond acceptors (Lipinski definition) is 3. The number of aromatic nitrogens is 1. The van der Waals surface area contributed by atoms with Gasteiger partial charge in [0.15, 0.2) is 5.96 Å². The summed E-state index contributed by atoms with van der Waals surface area (Å²) in [5, 5.41) is 0. The molecule has 1 heterocycles. The third-order valence-corrected chi connectivity index (χ3v) is 3.40. The molecule has 2 N–H and O–H groups in total. The highest BCUT2D eigenvalue weighted by atomic mass is 32.1. The summed E-state index contributed by atoms with van der Waals surface area (Å²) in [5.41, 5.74) is 8.84. The second-order valence-corrected chi connectivity index (χ2v) is 4.87. The highest BCUT2D eigenvalue weighted by Crippen LogP contribution is 2.23. The van der Waals surface area contributed by atoms with E-state index in [1.807, 2.05) is 24.4 Å². The maximum absolute atomic E-state index is 5.88. The van der Waals surface area contributed by atoms with Gasteiger partial charge in [-0.15, -0.1) is 11.3 Å². The van der Waals surface area contributed by atoms with Crippen LogP contribution in [0.3, 0.4) is 0 Å². The van der Waals surface area contributed by atoms with E-state index in [-0.39, 0.29) is 0 Å². The van der Waals surface area contributed by atoms with E-state index in [0.717, 1.165) is 12.2 Å². The first-order chi connectivity index (χ1) is 7.16. The Morgan fingerprint density at radius 2 is 2.47 bits per heavy atom. The van der Waals surface area contributed by atoms with Gasteiger partial charge in [0.1, 0.15) is 0 Å². The molecule has 0 radical (unpaired) electrons. The zero-order chi connectivity index (χ0) is 10.8. The molecule has 0 bridgehead atoms. The fourth-order valence-electron chi connectivity index (χ4n) is 1.26. The molecule has 0 aromatic carbocycles. The van der Waals surface area contributed by atoms with E-state index < -0.39 is 0 Å². The highest BCUT2D eigenvalue weighted by molar-refractivity contribution is 7.09. The SMILES string of the molecule is Cc1ncsc1CN(C)C(N)=NC1CC1. The van der Waals surface area contributed by atoms with Crippen molar-refractivity contribution < 1.29 is 0 Å². The summed E-state index contributed by atoms with van der Waals surface area (Å²) in [6.45, 7) is 2.83. The Hall–Kier alpha value is -1.10. The van der Waals surface area contributed by atoms with Gasteiger partial charge in [0.05, 0.1) is 23.8 Å². The van der Waals surface area contributed by atoms with Gasteiger partial charge in [-0.3, -0.25) is 0 Å². The molecule has 0 saturated heterocycles. The minimum atomic E-state index is 0.481. The predicted octanol–water partition coefficient (Wildman–Crippen LogP) is 1.36. The van der Waals surface area contributed by atoms with E-state index in [0.29, 0.717) is 12.0 Å². The largest absolute Gasteiger partial charge is 0.370 e. The van der Waals surface area contributed by atoms with Crippen molar-refractivity contribution in [2.45, 2.75) is 32.4 Å². The van der Waals surface area contributed by atoms with Crippen LogP contribution in [0.1, 0.15) is 23.4 Å². The third kappa shape index (κ3) is 2.68. The molecule has 1 aliphatic rings. The van der Waals surface area contributed by atoms with Crippen LogP contribution in [-0.2, 0) is 6.54 Å². The van der Waals surface area contributed by atoms with Crippen molar-refractivity contribution in [3.63, 3.8) is 0 Å². The molecule has 0 spiro atoms. The lowest BCUT2D eigenvalue weighted by atomic mass is 10.4. The van der Waals surface area contributed by atoms with E-state index in [2.05, 4.69) is 9.98 Å². The van der Waals surface area contributed by atoms with Gasteiger partial charge in [-0.25, -0.2) is 9.98 Å². The van der Waals surface area contributed by atoms with Crippen LogP contribution in [0.5, 0.6) is 0 Å². The number of rotatable bonds is 3. The molecule has 15 heavy (non-hydrogen) atoms. The molecule has 0 aliphatic heterocycles. The number of nitrogens with two attached hydrogens (primary N) is 1. The number of nitrogens with zero attached hydrogens (tertiary/aromatic N) is 3. The first kappa shape index (κ1) is 10.4. The van der Waals surface area contributed by atoms with Gasteiger partial charge in [0, 0.05) is 11.9 Å². The van der Waals surface area contributed by atoms with Crippen LogP contribution in [0, 0.1) is 6.92 Å². The van der Waals surface area contributed by atoms with Crippen molar-refractivity contribution in [1.82, 2.24) is 9.88 Å². The predicted molar refractivity (Wildman–Crippen MR) is 63.0 cm³/mol. The molecule has 1 aromatic rings. The van der Waals surface area contributed by atoms with Gasteiger partial charge < -0.3 is 10.6 Å². The molecule has 1 aromatic heterocycles. The molecule has 4 nitrogen and oxygen atoms in total. The molecule has 0 unspecified atom stereocenters. The second-order valence-electron chi connectivity index (χ2n) is 3.94. The van der Waals surface area contributed by atoms with Gasteiger partial charge in [-0.05, 0) is 19.8 Å². The Morgan fingerprint density at radius 3 is 3.00 bits per heavy atom. The fourth-order valence-corrected chi connectivity index (χ4v) is 2.09. The standard InChI is InChI=1S/C10H16N4S/c1-7-9(15-6-12-7)5-14(2)10(11)13-8-3-4-8/h6,8H,3-5H2,1-2H3,(H2,11,13). The van der Waals surface area contributed by atoms with Crippen LogP contribution in [-0.4, -0.2) is 28.9 Å². The van der Waals surface area contributed by atoms with Crippen molar-refractivity contribution >= 4 is 17.3 Å². The van der Waals surface area contributed by atoms with Gasteiger partial charge in [0.2, 0.25) is 0 Å². The number of aliphatic imine (C=N–C) groups is 1. The van der Waals surface area contributed by atoms with Crippen molar-refractivity contribution in [3.8, 4) is 0 Å². The van der Waals surface area contributed by atoms with Crippen LogP contribution in [0.25, 0.3) is 0 Å². The second kappa shape index (κ2) is 4.18. The lowest BCUT2D eigenvalue weighted by Gasteiger charge is -2.17. The fraction of sp³-hybridized carbons (Fsp3) is 0.600. The Labute approximate surface area is 93.8 Å². The number of guanidine groups is 1. The zero-order valence-corrected chi connectivity index (χ0v) is 9.92. The molecule has 0 atom stereocenters. The van der Waals surface area contributed by atoms with Gasteiger partial charge in [-0.2, -0.15) is 0 Å². The molecule has 1 aliphatic carbocycles. The van der Waals surface area contributed by atoms with Crippen molar-refractivity contribution in [1.29, 1.82) is 0 Å². The van der Waals surface area contributed by atoms with Crippen LogP contribution < -0.4 is 5.73 Å². The normalized spacial score (nSPS) is 16.8. The van der Waals surface area contributed by atoms with Gasteiger partial charge >= 0.3 is 0 Å². The third-order valence-electron chi connectivity index (χ3n) is 2.48. The number of thiazole rings is 1.